The topological polar surface area (TPSA) is 56.6 Å². The van der Waals surface area contributed by atoms with Gasteiger partial charge in [0.2, 0.25) is 0 Å². The number of hydrogen-bond acceptors (Lipinski definition) is 5. The van der Waals surface area contributed by atoms with Gasteiger partial charge in [-0.25, -0.2) is 5.84 Å². The maximum atomic E-state index is 6.44. The highest BCUT2D eigenvalue weighted by atomic mass is 15.4. The zero-order valence-electron chi connectivity index (χ0n) is 17.4. The number of hydrazine groups is 1. The summed E-state index contributed by atoms with van der Waals surface area (Å²) in [4.78, 5) is 2.22. The minimum absolute atomic E-state index is 0.933. The number of fused-ring (bicyclic) bond motifs is 2. The molecule has 0 radical (unpaired) electrons. The lowest BCUT2D eigenvalue weighted by molar-refractivity contribution is 1.08. The summed E-state index contributed by atoms with van der Waals surface area (Å²) < 4.78 is 0. The molecule has 5 heteroatoms. The lowest BCUT2D eigenvalue weighted by Crippen LogP contribution is -2.32. The highest BCUT2D eigenvalue weighted by Gasteiger charge is 2.20. The first-order valence-corrected chi connectivity index (χ1v) is 10.1. The molecule has 0 fully saturated rings. The van der Waals surface area contributed by atoms with Crippen molar-refractivity contribution in [1.82, 2.24) is 0 Å². The van der Waals surface area contributed by atoms with Crippen molar-refractivity contribution >= 4 is 34.1 Å². The van der Waals surface area contributed by atoms with E-state index < -0.39 is 0 Å². The van der Waals surface area contributed by atoms with Crippen LogP contribution in [-0.2, 0) is 0 Å². The van der Waals surface area contributed by atoms with E-state index in [1.165, 1.54) is 16.8 Å². The molecule has 2 aliphatic rings. The molecule has 0 atom stereocenters. The van der Waals surface area contributed by atoms with Gasteiger partial charge in [-0.1, -0.05) is 36.4 Å². The second-order valence-electron chi connectivity index (χ2n) is 7.90. The molecule has 0 amide bonds. The van der Waals surface area contributed by atoms with Crippen LogP contribution in [0.4, 0.5) is 22.7 Å². The Labute approximate surface area is 177 Å². The van der Waals surface area contributed by atoms with Crippen LogP contribution in [0.3, 0.4) is 0 Å². The van der Waals surface area contributed by atoms with Crippen molar-refractivity contribution in [3.8, 4) is 0 Å². The van der Waals surface area contributed by atoms with Crippen molar-refractivity contribution in [1.29, 1.82) is 0 Å². The molecule has 0 bridgehead atoms. The third-order valence-corrected chi connectivity index (χ3v) is 5.75. The van der Waals surface area contributed by atoms with E-state index in [0.29, 0.717) is 0 Å². The summed E-state index contributed by atoms with van der Waals surface area (Å²) in [6.07, 6.45) is 4.02. The Morgan fingerprint density at radius 3 is 1.80 bits per heavy atom. The second-order valence-corrected chi connectivity index (χ2v) is 7.90. The Bertz CT molecular complexity index is 1100. The van der Waals surface area contributed by atoms with Crippen LogP contribution in [0.1, 0.15) is 22.3 Å². The number of nitrogens with one attached hydrogen (secondary N) is 2. The van der Waals surface area contributed by atoms with E-state index in [1.807, 2.05) is 12.3 Å². The van der Waals surface area contributed by atoms with E-state index in [0.717, 1.165) is 39.6 Å². The number of aryl methyl sites for hydroxylation is 2. The van der Waals surface area contributed by atoms with Crippen LogP contribution in [0.5, 0.6) is 0 Å². The van der Waals surface area contributed by atoms with Gasteiger partial charge >= 0.3 is 0 Å². The predicted molar refractivity (Wildman–Crippen MR) is 127 cm³/mol. The fourth-order valence-corrected chi connectivity index (χ4v) is 4.06. The fraction of sp³-hybridized carbons (Fsp3) is 0.120. The Kier molecular flexibility index (Phi) is 4.26. The van der Waals surface area contributed by atoms with Crippen LogP contribution in [-0.4, -0.2) is 7.05 Å². The van der Waals surface area contributed by atoms with Crippen LogP contribution in [0.15, 0.2) is 73.1 Å². The Morgan fingerprint density at radius 2 is 1.17 bits per heavy atom. The van der Waals surface area contributed by atoms with Gasteiger partial charge in [-0.3, -0.25) is 5.01 Å². The van der Waals surface area contributed by atoms with Crippen molar-refractivity contribution in [2.75, 3.05) is 27.6 Å². The number of rotatable bonds is 2. The van der Waals surface area contributed by atoms with Crippen LogP contribution in [0.25, 0.3) is 11.4 Å². The van der Waals surface area contributed by atoms with Crippen molar-refractivity contribution in [3.63, 3.8) is 0 Å². The van der Waals surface area contributed by atoms with Crippen molar-refractivity contribution in [3.05, 3.63) is 95.3 Å². The number of nitrogens with zero attached hydrogens (tertiary/aromatic N) is 2. The summed E-state index contributed by atoms with van der Waals surface area (Å²) in [6.45, 7) is 4.18. The molecule has 2 aliphatic heterocycles. The Morgan fingerprint density at radius 1 is 0.667 bits per heavy atom. The summed E-state index contributed by atoms with van der Waals surface area (Å²) in [5.74, 6) is 6.44. The lowest BCUT2D eigenvalue weighted by atomic mass is 10.0. The SMILES string of the molecule is Cc1ccc2c(c1)NC=C(c1ccc(C3=CNc4cc(C)ccc4N3N)cc1)N2C. The summed E-state index contributed by atoms with van der Waals surface area (Å²) in [5.41, 5.74) is 11.0. The third-order valence-electron chi connectivity index (χ3n) is 5.75. The van der Waals surface area contributed by atoms with E-state index in [4.69, 9.17) is 5.84 Å². The van der Waals surface area contributed by atoms with Gasteiger partial charge in [0.25, 0.3) is 0 Å². The van der Waals surface area contributed by atoms with Gasteiger partial charge in [0.05, 0.1) is 34.1 Å². The first-order chi connectivity index (χ1) is 14.5. The molecule has 30 heavy (non-hydrogen) atoms. The highest BCUT2D eigenvalue weighted by Crippen LogP contribution is 2.37. The molecule has 150 valence electrons. The number of anilines is 4. The monoisotopic (exact) mass is 395 g/mol. The Hall–Kier alpha value is -3.70. The fourth-order valence-electron chi connectivity index (χ4n) is 4.06. The molecule has 5 rings (SSSR count). The molecule has 0 unspecified atom stereocenters. The lowest BCUT2D eigenvalue weighted by Gasteiger charge is -2.31. The van der Waals surface area contributed by atoms with E-state index in [-0.39, 0.29) is 0 Å². The highest BCUT2D eigenvalue weighted by molar-refractivity contribution is 5.92. The summed E-state index contributed by atoms with van der Waals surface area (Å²) >= 11 is 0. The van der Waals surface area contributed by atoms with Crippen molar-refractivity contribution in [2.45, 2.75) is 13.8 Å². The standard InChI is InChI=1S/C25H25N5/c1-16-4-10-22-20(12-16)27-14-24(29(22)3)18-6-8-19(9-7-18)25-15-28-21-13-17(2)5-11-23(21)30(25)26/h4-15,27-28H,26H2,1-3H3. The Balaban J connectivity index is 1.42. The quantitative estimate of drug-likeness (QED) is 0.516. The van der Waals surface area contributed by atoms with E-state index >= 15 is 0 Å². The molecular weight excluding hydrogens is 370 g/mol. The van der Waals surface area contributed by atoms with Gasteiger partial charge in [-0.2, -0.15) is 0 Å². The van der Waals surface area contributed by atoms with Crippen molar-refractivity contribution < 1.29 is 0 Å². The van der Waals surface area contributed by atoms with Crippen LogP contribution < -0.4 is 26.4 Å². The third kappa shape index (κ3) is 3.00. The van der Waals surface area contributed by atoms with Gasteiger partial charge in [0, 0.05) is 25.0 Å². The zero-order chi connectivity index (χ0) is 20.8. The van der Waals surface area contributed by atoms with Gasteiger partial charge in [-0.05, 0) is 54.8 Å². The number of hydrogen-bond donors (Lipinski definition) is 3. The molecule has 5 nitrogen and oxygen atoms in total. The molecule has 2 heterocycles. The smallest absolute Gasteiger partial charge is 0.0811 e. The average Bonchev–Trinajstić information content (AvgIpc) is 2.74. The number of benzene rings is 3. The molecule has 0 aliphatic carbocycles. The molecule has 0 saturated carbocycles. The maximum absolute atomic E-state index is 6.44. The molecular formula is C25H25N5. The molecule has 3 aromatic rings. The predicted octanol–water partition coefficient (Wildman–Crippen LogP) is 5.27. The normalized spacial score (nSPS) is 14.8. The molecule has 4 N–H and O–H groups in total. The minimum Gasteiger partial charge on any atom is -0.358 e. The molecule has 0 saturated heterocycles. The van der Waals surface area contributed by atoms with E-state index in [1.54, 1.807) is 5.01 Å². The first kappa shape index (κ1) is 18.3. The van der Waals surface area contributed by atoms with Crippen LogP contribution >= 0.6 is 0 Å². The zero-order valence-corrected chi connectivity index (χ0v) is 17.4. The van der Waals surface area contributed by atoms with Gasteiger partial charge in [0.15, 0.2) is 0 Å². The maximum Gasteiger partial charge on any atom is 0.0811 e. The van der Waals surface area contributed by atoms with Gasteiger partial charge in [0.1, 0.15) is 0 Å². The average molecular weight is 396 g/mol. The van der Waals surface area contributed by atoms with Gasteiger partial charge in [-0.15, -0.1) is 0 Å². The van der Waals surface area contributed by atoms with Crippen molar-refractivity contribution in [2.24, 2.45) is 5.84 Å². The first-order valence-electron chi connectivity index (χ1n) is 10.1. The van der Waals surface area contributed by atoms with Gasteiger partial charge < -0.3 is 15.5 Å². The van der Waals surface area contributed by atoms with E-state index in [9.17, 15) is 0 Å². The molecule has 0 aromatic heterocycles. The minimum atomic E-state index is 0.933. The summed E-state index contributed by atoms with van der Waals surface area (Å²) in [7, 11) is 2.10. The molecule has 0 spiro atoms. The second kappa shape index (κ2) is 6.97. The summed E-state index contributed by atoms with van der Waals surface area (Å²) in [6, 6.07) is 21.2. The van der Waals surface area contributed by atoms with E-state index in [2.05, 4.69) is 97.2 Å². The van der Waals surface area contributed by atoms with Crippen LogP contribution in [0, 0.1) is 13.8 Å². The molecule has 3 aromatic carbocycles. The van der Waals surface area contributed by atoms with Crippen LogP contribution in [0.2, 0.25) is 0 Å². The number of nitrogens with two attached hydrogens (primary N) is 1. The largest absolute Gasteiger partial charge is 0.358 e. The summed E-state index contributed by atoms with van der Waals surface area (Å²) in [5, 5.41) is 8.54.